The highest BCUT2D eigenvalue weighted by molar-refractivity contribution is 5.97. The molecule has 3 aromatic rings. The van der Waals surface area contributed by atoms with Crippen molar-refractivity contribution in [1.82, 2.24) is 29.9 Å². The van der Waals surface area contributed by atoms with E-state index in [2.05, 4.69) is 63.6 Å². The topological polar surface area (TPSA) is 440 Å². The van der Waals surface area contributed by atoms with Crippen LogP contribution in [0.1, 0.15) is 106 Å². The summed E-state index contributed by atoms with van der Waals surface area (Å²) >= 11 is 0. The van der Waals surface area contributed by atoms with Crippen molar-refractivity contribution < 1.29 is 63.7 Å². The largest absolute Gasteiger partial charge is 0.387 e. The normalized spacial score (nSPS) is 40.4. The number of ether oxygens (including phenoxy) is 4. The van der Waals surface area contributed by atoms with Gasteiger partial charge in [0.2, 0.25) is 5.91 Å². The minimum Gasteiger partial charge on any atom is -0.387 e. The van der Waals surface area contributed by atoms with Crippen LogP contribution in [0.4, 0.5) is 17.1 Å². The summed E-state index contributed by atoms with van der Waals surface area (Å²) in [5, 5.41) is 63.9. The quantitative estimate of drug-likeness (QED) is 0.109. The molecule has 446 valence electrons. The van der Waals surface area contributed by atoms with Crippen LogP contribution in [0.5, 0.6) is 0 Å². The number of aromatic amines is 6. The van der Waals surface area contributed by atoms with E-state index in [1.165, 1.54) is 6.20 Å². The van der Waals surface area contributed by atoms with Gasteiger partial charge in [0, 0.05) is 29.9 Å². The number of aromatic nitrogens is 6. The predicted molar refractivity (Wildman–Crippen MR) is 285 cm³/mol. The van der Waals surface area contributed by atoms with Gasteiger partial charge < -0.3 is 75.4 Å². The van der Waals surface area contributed by atoms with Gasteiger partial charge in [0.1, 0.15) is 53.7 Å². The number of fused-ring (bicyclic) bond motifs is 7. The van der Waals surface area contributed by atoms with Gasteiger partial charge in [-0.2, -0.15) is 0 Å². The van der Waals surface area contributed by atoms with Crippen LogP contribution in [-0.2, 0) is 38.1 Å². The van der Waals surface area contributed by atoms with Crippen LogP contribution in [0.3, 0.4) is 0 Å². The molecule has 5 aliphatic carbocycles. The molecule has 19 atom stereocenters. The maximum Gasteiger partial charge on any atom is 0.325 e. The van der Waals surface area contributed by atoms with E-state index in [1.807, 2.05) is 36.8 Å². The first-order valence-corrected chi connectivity index (χ1v) is 27.5. The smallest absolute Gasteiger partial charge is 0.325 e. The Bertz CT molecular complexity index is 3480. The molecule has 6 fully saturated rings. The fourth-order valence-corrected chi connectivity index (χ4v) is 15.6. The number of aliphatic hydroxyl groups is 5. The Kier molecular flexibility index (Phi) is 14.8. The molecule has 0 spiro atoms. The second-order valence-electron chi connectivity index (χ2n) is 25.5. The second-order valence-corrected chi connectivity index (χ2v) is 25.5. The molecule has 0 aromatic carbocycles. The molecule has 3 amide bonds. The average molecular weight is 1150 g/mol. The first kappa shape index (κ1) is 58.7. The Labute approximate surface area is 465 Å². The maximum atomic E-state index is 15.4. The molecule has 0 bridgehead atoms. The number of rotatable bonds is 10. The number of amides is 3. The van der Waals surface area contributed by atoms with Crippen molar-refractivity contribution >= 4 is 40.6 Å². The lowest BCUT2D eigenvalue weighted by atomic mass is 9.33. The molecule has 14 N–H and O–H groups in total. The van der Waals surface area contributed by atoms with Crippen molar-refractivity contribution in [1.29, 1.82) is 0 Å². The van der Waals surface area contributed by atoms with Crippen LogP contribution < -0.4 is 49.7 Å². The zero-order valence-electron chi connectivity index (χ0n) is 46.2. The lowest BCUT2D eigenvalue weighted by Gasteiger charge is -2.70. The third-order valence-corrected chi connectivity index (χ3v) is 20.5. The lowest BCUT2D eigenvalue weighted by Crippen LogP contribution is -2.68. The number of anilines is 3. The third-order valence-electron chi connectivity index (χ3n) is 20.5. The number of ketones is 1. The summed E-state index contributed by atoms with van der Waals surface area (Å²) in [5.41, 5.74) is -8.94. The fraction of sp³-hybridized carbons (Fsp3) is 0.667. The van der Waals surface area contributed by atoms with E-state index in [-0.39, 0.29) is 41.0 Å². The van der Waals surface area contributed by atoms with Gasteiger partial charge in [-0.3, -0.25) is 48.5 Å². The average Bonchev–Trinajstić information content (AvgIpc) is 1.88. The Balaban J connectivity index is 0.928. The lowest BCUT2D eigenvalue weighted by molar-refractivity contribution is -0.369. The minimum absolute atomic E-state index is 0.0229. The summed E-state index contributed by atoms with van der Waals surface area (Å²) in [4.78, 5) is 142. The predicted octanol–water partition coefficient (Wildman–Crippen LogP) is -0.962. The first-order valence-electron chi connectivity index (χ1n) is 27.5. The molecule has 28 heteroatoms. The number of hydrogen-bond donors (Lipinski definition) is 14. The van der Waals surface area contributed by atoms with E-state index in [0.29, 0.717) is 38.5 Å². The van der Waals surface area contributed by atoms with Crippen molar-refractivity contribution in [3.05, 3.63) is 92.8 Å². The molecule has 5 heterocycles. The van der Waals surface area contributed by atoms with E-state index in [1.54, 1.807) is 0 Å². The van der Waals surface area contributed by atoms with E-state index >= 15 is 4.79 Å². The molecule has 2 saturated heterocycles. The van der Waals surface area contributed by atoms with Gasteiger partial charge in [-0.05, 0) is 103 Å². The maximum absolute atomic E-state index is 15.4. The Hall–Kier alpha value is -6.50. The van der Waals surface area contributed by atoms with Gasteiger partial charge in [0.15, 0.2) is 30.6 Å². The molecule has 82 heavy (non-hydrogen) atoms. The van der Waals surface area contributed by atoms with Crippen molar-refractivity contribution in [3.8, 4) is 0 Å². The summed E-state index contributed by atoms with van der Waals surface area (Å²) in [6.07, 6.45) is -11.7. The van der Waals surface area contributed by atoms with Crippen LogP contribution in [0.25, 0.3) is 0 Å². The number of hydrogen-bond acceptors (Lipinski definition) is 19. The number of carbonyl (C=O) groups is 4. The van der Waals surface area contributed by atoms with Crippen LogP contribution in [-0.4, -0.2) is 146 Å². The second kappa shape index (κ2) is 20.7. The van der Waals surface area contributed by atoms with Gasteiger partial charge in [-0.15, -0.1) is 0 Å². The summed E-state index contributed by atoms with van der Waals surface area (Å²) in [5.74, 6) is -3.67. The van der Waals surface area contributed by atoms with Gasteiger partial charge in [-0.25, -0.2) is 14.4 Å². The monoisotopic (exact) mass is 1150 g/mol. The van der Waals surface area contributed by atoms with Crippen LogP contribution in [0.15, 0.2) is 59.0 Å². The molecule has 4 saturated carbocycles. The summed E-state index contributed by atoms with van der Waals surface area (Å²) in [6.45, 7) is 14.6. The van der Waals surface area contributed by atoms with E-state index in [0.717, 1.165) is 30.8 Å². The standard InChI is InChI=1S/C54H71N9O19/c1-49(2)27-8-11-54(7)37(26(64)16-21-22-17-51(4,13-12-50(22,3)14-15-53(21,54)6)45(75)60-25-20-57-48(78)63-40(25)72)52(27,5)10-9-28(49)79-44-36(32(68)31(67)35(81-44)42(74)59-24-19-56-47(77)62-39(24)71)82-43-33(69)29(65)30(66)34(80-43)41(73)58-23-18-55-46(76)61-38(23)70/h16,18-20,22,27-37,43-44,65-69H,8-15,17H2,1-7H3,(H,58,73)(H,59,74)(H,60,75)(H2,55,61,70,76)(H2,56,62,71,77)(H2,57,63,72,78)/t22?,27?,28?,29-,30-,31-,32-,33+,34-,35-,36+,37?,43-,44+,50+,51-,52-,53+,54+/m0/s1. The third kappa shape index (κ3) is 9.61. The van der Waals surface area contributed by atoms with Crippen LogP contribution in [0, 0.1) is 50.2 Å². The van der Waals surface area contributed by atoms with Gasteiger partial charge in [0.05, 0.1) is 6.10 Å². The fourth-order valence-electron chi connectivity index (χ4n) is 15.6. The summed E-state index contributed by atoms with van der Waals surface area (Å²) < 4.78 is 24.8. The molecule has 4 unspecified atom stereocenters. The number of H-pyrrole nitrogens is 6. The Morgan fingerprint density at radius 2 is 1.10 bits per heavy atom. The number of carbonyl (C=O) groups excluding carboxylic acids is 4. The number of nitrogens with one attached hydrogen (secondary N) is 9. The number of allylic oxidation sites excluding steroid dienone is 2. The zero-order chi connectivity index (χ0) is 59.6. The van der Waals surface area contributed by atoms with E-state index < -0.39 is 157 Å². The molecule has 7 aliphatic rings. The summed E-state index contributed by atoms with van der Waals surface area (Å²) in [7, 11) is 0. The minimum atomic E-state index is -2.19. The highest BCUT2D eigenvalue weighted by Crippen LogP contribution is 2.75. The van der Waals surface area contributed by atoms with Crippen molar-refractivity contribution in [3.63, 3.8) is 0 Å². The number of aliphatic hydroxyl groups excluding tert-OH is 5. The molecular weight excluding hydrogens is 1080 g/mol. The highest BCUT2D eigenvalue weighted by Gasteiger charge is 2.71. The van der Waals surface area contributed by atoms with E-state index in [9.17, 15) is 68.7 Å². The van der Waals surface area contributed by atoms with Crippen LogP contribution >= 0.6 is 0 Å². The summed E-state index contributed by atoms with van der Waals surface area (Å²) in [6, 6.07) is 0. The van der Waals surface area contributed by atoms with E-state index in [4.69, 9.17) is 18.9 Å². The van der Waals surface area contributed by atoms with Gasteiger partial charge in [-0.1, -0.05) is 54.0 Å². The SMILES string of the molecule is CC1(C)C(O[C@@H]2O[C@H](C(=O)Nc3c[nH]c(=O)[nH]c3=O)[C@@H](O)[C@H](O)[C@H]2O[C@@H]2O[C@H](C(=O)Nc3c[nH]c(=O)[nH]c3=O)[C@@H](O)[C@H](O)[C@H]2O)CC[C@@]2(C)C1CC[C@]1(C)C2C(=O)C=C2C3C[C@@](C)(C(=O)Nc4c[nH]c(=O)[nH]c4=O)CC[C@]3(C)CC[C@]21C. The zero-order valence-corrected chi connectivity index (χ0v) is 46.2. The van der Waals surface area contributed by atoms with Crippen molar-refractivity contribution in [2.75, 3.05) is 16.0 Å². The molecule has 0 radical (unpaired) electrons. The Morgan fingerprint density at radius 1 is 0.585 bits per heavy atom. The van der Waals surface area contributed by atoms with Gasteiger partial charge in [0.25, 0.3) is 28.5 Å². The molecule has 28 nitrogen and oxygen atoms in total. The van der Waals surface area contributed by atoms with Crippen molar-refractivity contribution in [2.45, 2.75) is 174 Å². The van der Waals surface area contributed by atoms with Crippen molar-refractivity contribution in [2.24, 2.45) is 50.2 Å². The molecule has 2 aliphatic heterocycles. The first-order chi connectivity index (χ1) is 38.4. The molecule has 3 aromatic heterocycles. The Morgan fingerprint density at radius 3 is 1.65 bits per heavy atom. The molecular formula is C54H71N9O19. The van der Waals surface area contributed by atoms with Crippen LogP contribution in [0.2, 0.25) is 0 Å². The highest BCUT2D eigenvalue weighted by atomic mass is 16.8. The van der Waals surface area contributed by atoms with Gasteiger partial charge >= 0.3 is 17.1 Å². The molecule has 10 rings (SSSR count).